The maximum Gasteiger partial charge on any atom is 0.234 e. The highest BCUT2D eigenvalue weighted by atomic mass is 16.4. The molecule has 4 N–H and O–H groups in total. The minimum absolute atomic E-state index is 0.00324. The standard InChI is InChI=1S/C16H27N3O2/c17-14(19-21)16(9-3-1-2-4-10-16)15(20)18-13(11-5-6-11)12-7-8-12/h11-13,21H,1-10H2,(H2,17,19)(H,18,20). The Hall–Kier alpha value is -1.26. The Morgan fingerprint density at radius 1 is 1.10 bits per heavy atom. The zero-order valence-corrected chi connectivity index (χ0v) is 12.7. The molecule has 5 heteroatoms. The van der Waals surface area contributed by atoms with Crippen LogP contribution >= 0.6 is 0 Å². The summed E-state index contributed by atoms with van der Waals surface area (Å²) in [5, 5.41) is 15.6. The van der Waals surface area contributed by atoms with Crippen molar-refractivity contribution in [2.24, 2.45) is 28.1 Å². The summed E-state index contributed by atoms with van der Waals surface area (Å²) in [5.41, 5.74) is 5.17. The molecule has 0 aliphatic heterocycles. The van der Waals surface area contributed by atoms with Crippen LogP contribution in [0.3, 0.4) is 0 Å². The number of nitrogens with two attached hydrogens (primary N) is 1. The van der Waals surface area contributed by atoms with Gasteiger partial charge in [-0.15, -0.1) is 0 Å². The molecule has 3 saturated carbocycles. The first-order valence-corrected chi connectivity index (χ1v) is 8.46. The monoisotopic (exact) mass is 293 g/mol. The van der Waals surface area contributed by atoms with Crippen LogP contribution in [0.5, 0.6) is 0 Å². The fraction of sp³-hybridized carbons (Fsp3) is 0.875. The number of nitrogens with one attached hydrogen (secondary N) is 1. The zero-order valence-electron chi connectivity index (χ0n) is 12.7. The third-order valence-corrected chi connectivity index (χ3v) is 5.55. The smallest absolute Gasteiger partial charge is 0.234 e. The van der Waals surface area contributed by atoms with E-state index in [4.69, 9.17) is 10.9 Å². The molecule has 0 spiro atoms. The molecule has 5 nitrogen and oxygen atoms in total. The molecule has 0 aromatic carbocycles. The number of hydrogen-bond acceptors (Lipinski definition) is 3. The van der Waals surface area contributed by atoms with E-state index in [0.717, 1.165) is 25.7 Å². The maximum absolute atomic E-state index is 13.0. The van der Waals surface area contributed by atoms with E-state index >= 15 is 0 Å². The van der Waals surface area contributed by atoms with E-state index in [-0.39, 0.29) is 11.7 Å². The van der Waals surface area contributed by atoms with E-state index in [0.29, 0.717) is 30.7 Å². The van der Waals surface area contributed by atoms with Gasteiger partial charge in [0.05, 0.1) is 0 Å². The molecule has 3 aliphatic carbocycles. The van der Waals surface area contributed by atoms with Gasteiger partial charge in [-0.25, -0.2) is 0 Å². The number of carbonyl (C=O) groups is 1. The Balaban J connectivity index is 1.76. The minimum atomic E-state index is -0.784. The highest BCUT2D eigenvalue weighted by Gasteiger charge is 2.48. The molecule has 21 heavy (non-hydrogen) atoms. The van der Waals surface area contributed by atoms with Crippen molar-refractivity contribution in [1.29, 1.82) is 0 Å². The molecule has 1 amide bonds. The van der Waals surface area contributed by atoms with Gasteiger partial charge < -0.3 is 16.3 Å². The zero-order chi connectivity index (χ0) is 14.9. The summed E-state index contributed by atoms with van der Waals surface area (Å²) >= 11 is 0. The van der Waals surface area contributed by atoms with Crippen LogP contribution in [0.2, 0.25) is 0 Å². The molecule has 118 valence electrons. The van der Waals surface area contributed by atoms with Crippen LogP contribution in [0, 0.1) is 17.3 Å². The van der Waals surface area contributed by atoms with Crippen LogP contribution in [0.4, 0.5) is 0 Å². The van der Waals surface area contributed by atoms with Crippen molar-refractivity contribution in [1.82, 2.24) is 5.32 Å². The lowest BCUT2D eigenvalue weighted by Gasteiger charge is -2.32. The molecular formula is C16H27N3O2. The Labute approximate surface area is 126 Å². The summed E-state index contributed by atoms with van der Waals surface area (Å²) in [6.45, 7) is 0. The van der Waals surface area contributed by atoms with Gasteiger partial charge in [-0.1, -0.05) is 30.8 Å². The predicted molar refractivity (Wildman–Crippen MR) is 80.9 cm³/mol. The third-order valence-electron chi connectivity index (χ3n) is 5.55. The lowest BCUT2D eigenvalue weighted by atomic mass is 9.78. The molecule has 0 atom stereocenters. The number of oxime groups is 1. The van der Waals surface area contributed by atoms with Crippen molar-refractivity contribution in [3.63, 3.8) is 0 Å². The topological polar surface area (TPSA) is 87.7 Å². The second-order valence-electron chi connectivity index (χ2n) is 7.16. The van der Waals surface area contributed by atoms with Gasteiger partial charge >= 0.3 is 0 Å². The van der Waals surface area contributed by atoms with E-state index in [1.807, 2.05) is 0 Å². The summed E-state index contributed by atoms with van der Waals surface area (Å²) in [6, 6.07) is 0.323. The van der Waals surface area contributed by atoms with Gasteiger partial charge in [0.15, 0.2) is 5.84 Å². The molecule has 0 saturated heterocycles. The molecule has 0 bridgehead atoms. The molecule has 0 aromatic heterocycles. The van der Waals surface area contributed by atoms with Crippen LogP contribution < -0.4 is 11.1 Å². The first kappa shape index (κ1) is 14.7. The second kappa shape index (κ2) is 5.85. The fourth-order valence-corrected chi connectivity index (χ4v) is 3.85. The van der Waals surface area contributed by atoms with Gasteiger partial charge in [-0.05, 0) is 50.4 Å². The maximum atomic E-state index is 13.0. The first-order chi connectivity index (χ1) is 10.2. The SMILES string of the molecule is NC(=NO)C1(C(=O)NC(C2CC2)C2CC2)CCCCCC1. The number of hydrogen-bond donors (Lipinski definition) is 3. The number of carbonyl (C=O) groups excluding carboxylic acids is 1. The van der Waals surface area contributed by atoms with Crippen LogP contribution in [-0.2, 0) is 4.79 Å². The number of amidine groups is 1. The van der Waals surface area contributed by atoms with Gasteiger partial charge in [0.2, 0.25) is 5.91 Å². The summed E-state index contributed by atoms with van der Waals surface area (Å²) in [5.74, 6) is 1.43. The van der Waals surface area contributed by atoms with Gasteiger partial charge in [0.25, 0.3) is 0 Å². The lowest BCUT2D eigenvalue weighted by molar-refractivity contribution is -0.129. The van der Waals surface area contributed by atoms with Crippen LogP contribution in [-0.4, -0.2) is 23.0 Å². The Kier molecular flexibility index (Phi) is 4.09. The number of nitrogens with zero attached hydrogens (tertiary/aromatic N) is 1. The largest absolute Gasteiger partial charge is 0.409 e. The van der Waals surface area contributed by atoms with Crippen molar-refractivity contribution in [2.45, 2.75) is 70.3 Å². The van der Waals surface area contributed by atoms with Crippen molar-refractivity contribution in [3.8, 4) is 0 Å². The van der Waals surface area contributed by atoms with Crippen LogP contribution in [0.1, 0.15) is 64.2 Å². The molecule has 0 unspecified atom stereocenters. The Bertz CT molecular complexity index is 407. The summed E-state index contributed by atoms with van der Waals surface area (Å²) in [6.07, 6.45) is 10.5. The highest BCUT2D eigenvalue weighted by molar-refractivity contribution is 6.06. The molecule has 0 heterocycles. The van der Waals surface area contributed by atoms with E-state index in [1.165, 1.54) is 25.7 Å². The summed E-state index contributed by atoms with van der Waals surface area (Å²) in [4.78, 5) is 13.0. The van der Waals surface area contributed by atoms with Crippen molar-refractivity contribution < 1.29 is 10.0 Å². The van der Waals surface area contributed by atoms with E-state index < -0.39 is 5.41 Å². The normalized spacial score (nSPS) is 26.4. The predicted octanol–water partition coefficient (Wildman–Crippen LogP) is 2.38. The van der Waals surface area contributed by atoms with Crippen LogP contribution in [0.15, 0.2) is 5.16 Å². The van der Waals surface area contributed by atoms with Gasteiger partial charge in [0.1, 0.15) is 5.41 Å². The second-order valence-corrected chi connectivity index (χ2v) is 7.16. The average molecular weight is 293 g/mol. The molecule has 3 aliphatic rings. The Morgan fingerprint density at radius 3 is 2.05 bits per heavy atom. The summed E-state index contributed by atoms with van der Waals surface area (Å²) < 4.78 is 0. The molecule has 0 radical (unpaired) electrons. The number of rotatable bonds is 5. The molecule has 0 aromatic rings. The molecule has 3 rings (SSSR count). The Morgan fingerprint density at radius 2 is 1.62 bits per heavy atom. The average Bonchev–Trinajstić information content (AvgIpc) is 3.36. The third kappa shape index (κ3) is 3.01. The van der Waals surface area contributed by atoms with Crippen molar-refractivity contribution in [2.75, 3.05) is 0 Å². The lowest BCUT2D eigenvalue weighted by Crippen LogP contribution is -2.53. The van der Waals surface area contributed by atoms with Crippen molar-refractivity contribution in [3.05, 3.63) is 0 Å². The van der Waals surface area contributed by atoms with Crippen LogP contribution in [0.25, 0.3) is 0 Å². The van der Waals surface area contributed by atoms with E-state index in [1.54, 1.807) is 0 Å². The van der Waals surface area contributed by atoms with Gasteiger partial charge in [0, 0.05) is 6.04 Å². The van der Waals surface area contributed by atoms with E-state index in [2.05, 4.69) is 10.5 Å². The molecular weight excluding hydrogens is 266 g/mol. The first-order valence-electron chi connectivity index (χ1n) is 8.46. The van der Waals surface area contributed by atoms with Gasteiger partial charge in [-0.3, -0.25) is 4.79 Å². The van der Waals surface area contributed by atoms with Gasteiger partial charge in [-0.2, -0.15) is 0 Å². The van der Waals surface area contributed by atoms with E-state index in [9.17, 15) is 4.79 Å². The van der Waals surface area contributed by atoms with Crippen molar-refractivity contribution >= 4 is 11.7 Å². The number of amides is 1. The molecule has 3 fully saturated rings. The highest BCUT2D eigenvalue weighted by Crippen LogP contribution is 2.45. The fourth-order valence-electron chi connectivity index (χ4n) is 3.85. The summed E-state index contributed by atoms with van der Waals surface area (Å²) in [7, 11) is 0. The quantitative estimate of drug-likeness (QED) is 0.239. The minimum Gasteiger partial charge on any atom is -0.409 e.